The molecule has 88 valence electrons. The van der Waals surface area contributed by atoms with Crippen LogP contribution in [0.4, 0.5) is 0 Å². The third-order valence-corrected chi connectivity index (χ3v) is 2.91. The van der Waals surface area contributed by atoms with Gasteiger partial charge in [0.05, 0.1) is 5.69 Å². The Hall–Kier alpha value is -1.36. The lowest BCUT2D eigenvalue weighted by Gasteiger charge is -2.36. The van der Waals surface area contributed by atoms with Gasteiger partial charge in [0.2, 0.25) is 0 Å². The van der Waals surface area contributed by atoms with Crippen LogP contribution in [0.3, 0.4) is 0 Å². The van der Waals surface area contributed by atoms with Crippen LogP contribution >= 0.6 is 0 Å². The van der Waals surface area contributed by atoms with E-state index in [1.54, 1.807) is 9.58 Å². The molecule has 2 N–H and O–H groups in total. The van der Waals surface area contributed by atoms with Crippen molar-refractivity contribution in [2.45, 2.75) is 32.9 Å². The highest BCUT2D eigenvalue weighted by Crippen LogP contribution is 2.13. The van der Waals surface area contributed by atoms with Gasteiger partial charge in [0.25, 0.3) is 5.91 Å². The Labute approximate surface area is 95.2 Å². The van der Waals surface area contributed by atoms with Crippen LogP contribution in [0.15, 0.2) is 6.07 Å². The Morgan fingerprint density at radius 2 is 2.25 bits per heavy atom. The molecule has 16 heavy (non-hydrogen) atoms. The number of hydrogen-bond donors (Lipinski definition) is 1. The zero-order valence-corrected chi connectivity index (χ0v) is 9.81. The molecule has 2 rings (SSSR count). The molecule has 0 aromatic carbocycles. The molecule has 0 spiro atoms. The minimum atomic E-state index is 0.0516. The first-order chi connectivity index (χ1) is 7.65. The molecule has 0 unspecified atom stereocenters. The number of nitrogens with zero attached hydrogens (tertiary/aromatic N) is 3. The van der Waals surface area contributed by atoms with E-state index in [-0.39, 0.29) is 11.9 Å². The first kappa shape index (κ1) is 11.1. The van der Waals surface area contributed by atoms with Gasteiger partial charge < -0.3 is 10.6 Å². The summed E-state index contributed by atoms with van der Waals surface area (Å²) in [6.45, 7) is 6.08. The molecular weight excluding hydrogens is 204 g/mol. The van der Waals surface area contributed by atoms with Crippen molar-refractivity contribution in [1.29, 1.82) is 0 Å². The van der Waals surface area contributed by atoms with E-state index in [9.17, 15) is 4.79 Å². The second-order valence-electron chi connectivity index (χ2n) is 4.16. The number of likely N-dealkylation sites (tertiary alicyclic amines) is 1. The topological polar surface area (TPSA) is 64.2 Å². The van der Waals surface area contributed by atoms with E-state index < -0.39 is 0 Å². The predicted molar refractivity (Wildman–Crippen MR) is 61.2 cm³/mol. The fourth-order valence-electron chi connectivity index (χ4n) is 1.90. The highest BCUT2D eigenvalue weighted by molar-refractivity contribution is 5.93. The second kappa shape index (κ2) is 4.25. The van der Waals surface area contributed by atoms with E-state index in [4.69, 9.17) is 5.73 Å². The number of rotatable bonds is 3. The van der Waals surface area contributed by atoms with Crippen molar-refractivity contribution in [2.24, 2.45) is 5.73 Å². The SMILES string of the molecule is CCc1cc(C(=O)N2CC(N)C2)n(CC)n1. The molecule has 1 aliphatic heterocycles. The Morgan fingerprint density at radius 1 is 1.56 bits per heavy atom. The predicted octanol–water partition coefficient (Wildman–Crippen LogP) is 0.248. The molecule has 0 atom stereocenters. The Balaban J connectivity index is 2.18. The van der Waals surface area contributed by atoms with Crippen LogP contribution in [0.5, 0.6) is 0 Å². The van der Waals surface area contributed by atoms with Gasteiger partial charge in [-0.3, -0.25) is 9.48 Å². The Kier molecular flexibility index (Phi) is 2.96. The summed E-state index contributed by atoms with van der Waals surface area (Å²) in [6.07, 6.45) is 0.854. The maximum atomic E-state index is 12.1. The summed E-state index contributed by atoms with van der Waals surface area (Å²) in [5.41, 5.74) is 7.32. The number of carbonyl (C=O) groups is 1. The number of carbonyl (C=O) groups excluding carboxylic acids is 1. The summed E-state index contributed by atoms with van der Waals surface area (Å²) in [5.74, 6) is 0.0516. The van der Waals surface area contributed by atoms with Crippen LogP contribution in [0, 0.1) is 0 Å². The van der Waals surface area contributed by atoms with Gasteiger partial charge in [-0.15, -0.1) is 0 Å². The van der Waals surface area contributed by atoms with Gasteiger partial charge in [-0.1, -0.05) is 6.92 Å². The first-order valence-electron chi connectivity index (χ1n) is 5.77. The van der Waals surface area contributed by atoms with Gasteiger partial charge >= 0.3 is 0 Å². The average molecular weight is 222 g/mol. The molecule has 0 saturated carbocycles. The molecule has 1 saturated heterocycles. The molecule has 2 heterocycles. The molecule has 0 aliphatic carbocycles. The van der Waals surface area contributed by atoms with Crippen LogP contribution in [0.1, 0.15) is 30.0 Å². The Bertz CT molecular complexity index is 393. The third kappa shape index (κ3) is 1.82. The smallest absolute Gasteiger partial charge is 0.272 e. The van der Waals surface area contributed by atoms with Gasteiger partial charge in [-0.25, -0.2) is 0 Å². The molecule has 1 fully saturated rings. The summed E-state index contributed by atoms with van der Waals surface area (Å²) < 4.78 is 1.77. The number of aryl methyl sites for hydroxylation is 2. The zero-order valence-electron chi connectivity index (χ0n) is 9.81. The number of aromatic nitrogens is 2. The highest BCUT2D eigenvalue weighted by Gasteiger charge is 2.30. The van der Waals surface area contributed by atoms with Gasteiger partial charge in [0.15, 0.2) is 0 Å². The third-order valence-electron chi connectivity index (χ3n) is 2.91. The zero-order chi connectivity index (χ0) is 11.7. The molecule has 1 amide bonds. The minimum Gasteiger partial charge on any atom is -0.334 e. The molecule has 5 heteroatoms. The molecule has 1 aromatic heterocycles. The molecule has 1 aliphatic rings. The van der Waals surface area contributed by atoms with Gasteiger partial charge in [0, 0.05) is 25.7 Å². The van der Waals surface area contributed by atoms with Crippen molar-refractivity contribution < 1.29 is 4.79 Å². The normalized spacial score (nSPS) is 16.3. The molecule has 1 aromatic rings. The maximum absolute atomic E-state index is 12.1. The first-order valence-corrected chi connectivity index (χ1v) is 5.77. The van der Waals surface area contributed by atoms with Gasteiger partial charge in [-0.05, 0) is 19.4 Å². The fourth-order valence-corrected chi connectivity index (χ4v) is 1.90. The lowest BCUT2D eigenvalue weighted by Crippen LogP contribution is -2.58. The lowest BCUT2D eigenvalue weighted by molar-refractivity contribution is 0.0595. The van der Waals surface area contributed by atoms with Crippen molar-refractivity contribution in [1.82, 2.24) is 14.7 Å². The van der Waals surface area contributed by atoms with Crippen LogP contribution in [0.25, 0.3) is 0 Å². The van der Waals surface area contributed by atoms with E-state index >= 15 is 0 Å². The van der Waals surface area contributed by atoms with E-state index in [1.165, 1.54) is 0 Å². The lowest BCUT2D eigenvalue weighted by atomic mass is 10.1. The van der Waals surface area contributed by atoms with Crippen molar-refractivity contribution in [3.8, 4) is 0 Å². The van der Waals surface area contributed by atoms with E-state index in [1.807, 2.05) is 19.9 Å². The van der Waals surface area contributed by atoms with E-state index in [0.29, 0.717) is 18.8 Å². The number of nitrogens with two attached hydrogens (primary N) is 1. The Morgan fingerprint density at radius 3 is 2.75 bits per heavy atom. The van der Waals surface area contributed by atoms with Crippen LogP contribution in [0.2, 0.25) is 0 Å². The molecule has 0 radical (unpaired) electrons. The number of hydrogen-bond acceptors (Lipinski definition) is 3. The largest absolute Gasteiger partial charge is 0.334 e. The maximum Gasteiger partial charge on any atom is 0.272 e. The van der Waals surface area contributed by atoms with Crippen LogP contribution < -0.4 is 5.73 Å². The van der Waals surface area contributed by atoms with Gasteiger partial charge in [0.1, 0.15) is 5.69 Å². The van der Waals surface area contributed by atoms with Gasteiger partial charge in [-0.2, -0.15) is 5.10 Å². The average Bonchev–Trinajstić information content (AvgIpc) is 2.67. The van der Waals surface area contributed by atoms with Crippen molar-refractivity contribution in [3.05, 3.63) is 17.5 Å². The number of amides is 1. The standard InChI is InChI=1S/C11H18N4O/c1-3-9-5-10(15(4-2)13-9)11(16)14-6-8(12)7-14/h5,8H,3-4,6-7,12H2,1-2H3. The van der Waals surface area contributed by atoms with Crippen LogP contribution in [-0.2, 0) is 13.0 Å². The molecule has 0 bridgehead atoms. The highest BCUT2D eigenvalue weighted by atomic mass is 16.2. The molecule has 5 nitrogen and oxygen atoms in total. The minimum absolute atomic E-state index is 0.0516. The van der Waals surface area contributed by atoms with E-state index in [0.717, 1.165) is 18.7 Å². The fraction of sp³-hybridized carbons (Fsp3) is 0.636. The molecular formula is C11H18N4O. The summed E-state index contributed by atoms with van der Waals surface area (Å²) in [6, 6.07) is 2.03. The van der Waals surface area contributed by atoms with Crippen molar-refractivity contribution >= 4 is 5.91 Å². The summed E-state index contributed by atoms with van der Waals surface area (Å²) in [4.78, 5) is 13.9. The summed E-state index contributed by atoms with van der Waals surface area (Å²) >= 11 is 0. The van der Waals surface area contributed by atoms with Crippen molar-refractivity contribution in [2.75, 3.05) is 13.1 Å². The van der Waals surface area contributed by atoms with E-state index in [2.05, 4.69) is 5.10 Å². The second-order valence-corrected chi connectivity index (χ2v) is 4.16. The quantitative estimate of drug-likeness (QED) is 0.797. The summed E-state index contributed by atoms with van der Waals surface area (Å²) in [5, 5.41) is 4.37. The summed E-state index contributed by atoms with van der Waals surface area (Å²) in [7, 11) is 0. The van der Waals surface area contributed by atoms with Crippen molar-refractivity contribution in [3.63, 3.8) is 0 Å². The van der Waals surface area contributed by atoms with Crippen LogP contribution in [-0.4, -0.2) is 39.7 Å². The monoisotopic (exact) mass is 222 g/mol.